The van der Waals surface area contributed by atoms with E-state index in [4.69, 9.17) is 0 Å². The molecule has 1 N–H and O–H groups in total. The van der Waals surface area contributed by atoms with Gasteiger partial charge in [-0.05, 0) is 44.2 Å². The fourth-order valence-electron chi connectivity index (χ4n) is 3.94. The fraction of sp³-hybridized carbons (Fsp3) is 1.00. The first kappa shape index (κ1) is 14.3. The van der Waals surface area contributed by atoms with Crippen LogP contribution < -0.4 is 5.32 Å². The van der Waals surface area contributed by atoms with Crippen LogP contribution in [0.4, 0.5) is 0 Å². The highest BCUT2D eigenvalue weighted by atomic mass is 15.2. The summed E-state index contributed by atoms with van der Waals surface area (Å²) in [6.45, 7) is 11.1. The molecule has 1 aliphatic carbocycles. The van der Waals surface area contributed by atoms with E-state index in [2.05, 4.69) is 31.0 Å². The Labute approximate surface area is 114 Å². The number of nitrogens with one attached hydrogen (secondary N) is 1. The second kappa shape index (κ2) is 6.91. The molecule has 4 atom stereocenters. The SMILES string of the molecule is CCCC1CN(C2CCCC(C)C2C)CCCN1. The Morgan fingerprint density at radius 1 is 1.17 bits per heavy atom. The van der Waals surface area contributed by atoms with Gasteiger partial charge < -0.3 is 5.32 Å². The van der Waals surface area contributed by atoms with Crippen molar-refractivity contribution in [3.63, 3.8) is 0 Å². The fourth-order valence-corrected chi connectivity index (χ4v) is 3.94. The molecule has 0 aromatic carbocycles. The summed E-state index contributed by atoms with van der Waals surface area (Å²) in [5, 5.41) is 3.74. The molecule has 1 heterocycles. The maximum Gasteiger partial charge on any atom is 0.0195 e. The van der Waals surface area contributed by atoms with Crippen molar-refractivity contribution >= 4 is 0 Å². The molecule has 0 spiro atoms. The highest BCUT2D eigenvalue weighted by Gasteiger charge is 2.32. The minimum Gasteiger partial charge on any atom is -0.313 e. The Kier molecular flexibility index (Phi) is 5.50. The zero-order chi connectivity index (χ0) is 13.0. The lowest BCUT2D eigenvalue weighted by atomic mass is 9.77. The molecule has 0 aromatic heterocycles. The molecule has 1 saturated heterocycles. The van der Waals surface area contributed by atoms with Crippen molar-refractivity contribution < 1.29 is 0 Å². The molecule has 0 radical (unpaired) electrons. The van der Waals surface area contributed by atoms with Gasteiger partial charge in [0.15, 0.2) is 0 Å². The number of rotatable bonds is 3. The molecule has 0 aromatic rings. The van der Waals surface area contributed by atoms with Crippen molar-refractivity contribution in [2.24, 2.45) is 11.8 Å². The van der Waals surface area contributed by atoms with Crippen LogP contribution in [0.3, 0.4) is 0 Å². The van der Waals surface area contributed by atoms with E-state index in [9.17, 15) is 0 Å². The molecule has 2 aliphatic rings. The zero-order valence-corrected chi connectivity index (χ0v) is 12.6. The van der Waals surface area contributed by atoms with Crippen molar-refractivity contribution in [2.45, 2.75) is 71.4 Å². The lowest BCUT2D eigenvalue weighted by Crippen LogP contribution is -2.48. The summed E-state index contributed by atoms with van der Waals surface area (Å²) in [5.41, 5.74) is 0. The van der Waals surface area contributed by atoms with Gasteiger partial charge in [-0.15, -0.1) is 0 Å². The van der Waals surface area contributed by atoms with Gasteiger partial charge in [-0.25, -0.2) is 0 Å². The van der Waals surface area contributed by atoms with Gasteiger partial charge in [-0.1, -0.05) is 40.0 Å². The van der Waals surface area contributed by atoms with E-state index in [0.29, 0.717) is 0 Å². The van der Waals surface area contributed by atoms with Gasteiger partial charge in [0.05, 0.1) is 0 Å². The number of hydrogen-bond donors (Lipinski definition) is 1. The molecule has 4 unspecified atom stereocenters. The summed E-state index contributed by atoms with van der Waals surface area (Å²) >= 11 is 0. The van der Waals surface area contributed by atoms with Crippen LogP contribution in [-0.2, 0) is 0 Å². The van der Waals surface area contributed by atoms with Crippen molar-refractivity contribution in [1.29, 1.82) is 0 Å². The quantitative estimate of drug-likeness (QED) is 0.829. The third kappa shape index (κ3) is 3.48. The van der Waals surface area contributed by atoms with Crippen molar-refractivity contribution in [1.82, 2.24) is 10.2 Å². The van der Waals surface area contributed by atoms with Crippen LogP contribution in [0.2, 0.25) is 0 Å². The minimum atomic E-state index is 0.738. The molecule has 2 nitrogen and oxygen atoms in total. The largest absolute Gasteiger partial charge is 0.313 e. The van der Waals surface area contributed by atoms with Gasteiger partial charge in [0, 0.05) is 18.6 Å². The topological polar surface area (TPSA) is 15.3 Å². The van der Waals surface area contributed by atoms with Gasteiger partial charge in [0.25, 0.3) is 0 Å². The summed E-state index contributed by atoms with van der Waals surface area (Å²) in [6.07, 6.45) is 8.30. The average molecular weight is 252 g/mol. The Morgan fingerprint density at radius 2 is 2.00 bits per heavy atom. The van der Waals surface area contributed by atoms with Crippen molar-refractivity contribution in [2.75, 3.05) is 19.6 Å². The lowest BCUT2D eigenvalue weighted by molar-refractivity contribution is 0.0789. The molecule has 0 amide bonds. The standard InChI is InChI=1S/C16H32N2/c1-4-7-15-12-18(11-6-10-17-15)16-9-5-8-13(2)14(16)3/h13-17H,4-12H2,1-3H3. The highest BCUT2D eigenvalue weighted by Crippen LogP contribution is 2.33. The van der Waals surface area contributed by atoms with Gasteiger partial charge in [-0.2, -0.15) is 0 Å². The molecule has 1 aliphatic heterocycles. The summed E-state index contributed by atoms with van der Waals surface area (Å²) in [4.78, 5) is 2.82. The summed E-state index contributed by atoms with van der Waals surface area (Å²) in [5.74, 6) is 1.81. The van der Waals surface area contributed by atoms with Crippen LogP contribution in [0.5, 0.6) is 0 Å². The Morgan fingerprint density at radius 3 is 2.78 bits per heavy atom. The number of nitrogens with zero attached hydrogens (tertiary/aromatic N) is 1. The molecule has 2 rings (SSSR count). The van der Waals surface area contributed by atoms with E-state index in [1.165, 1.54) is 58.2 Å². The maximum atomic E-state index is 3.74. The van der Waals surface area contributed by atoms with E-state index in [1.807, 2.05) is 0 Å². The molecular weight excluding hydrogens is 220 g/mol. The molecule has 2 heteroatoms. The first-order valence-corrected chi connectivity index (χ1v) is 8.19. The lowest BCUT2D eigenvalue weighted by Gasteiger charge is -2.42. The predicted molar refractivity (Wildman–Crippen MR) is 78.9 cm³/mol. The van der Waals surface area contributed by atoms with E-state index in [-0.39, 0.29) is 0 Å². The molecule has 106 valence electrons. The van der Waals surface area contributed by atoms with E-state index in [0.717, 1.165) is 23.9 Å². The molecule has 0 bridgehead atoms. The number of hydrogen-bond acceptors (Lipinski definition) is 2. The van der Waals surface area contributed by atoms with E-state index in [1.54, 1.807) is 0 Å². The van der Waals surface area contributed by atoms with Crippen LogP contribution in [-0.4, -0.2) is 36.6 Å². The molecule has 18 heavy (non-hydrogen) atoms. The third-order valence-electron chi connectivity index (χ3n) is 5.28. The third-order valence-corrected chi connectivity index (χ3v) is 5.28. The van der Waals surface area contributed by atoms with Gasteiger partial charge >= 0.3 is 0 Å². The smallest absolute Gasteiger partial charge is 0.0195 e. The summed E-state index contributed by atoms with van der Waals surface area (Å²) < 4.78 is 0. The average Bonchev–Trinajstić information content (AvgIpc) is 2.59. The second-order valence-corrected chi connectivity index (χ2v) is 6.62. The van der Waals surface area contributed by atoms with Gasteiger partial charge in [0.1, 0.15) is 0 Å². The van der Waals surface area contributed by atoms with Crippen molar-refractivity contribution in [3.05, 3.63) is 0 Å². The predicted octanol–water partition coefficient (Wildman–Crippen LogP) is 3.28. The first-order valence-electron chi connectivity index (χ1n) is 8.19. The van der Waals surface area contributed by atoms with Gasteiger partial charge in [-0.3, -0.25) is 4.90 Å². The molecular formula is C16H32N2. The summed E-state index contributed by atoms with van der Waals surface area (Å²) in [7, 11) is 0. The van der Waals surface area contributed by atoms with Crippen LogP contribution in [0.15, 0.2) is 0 Å². The Balaban J connectivity index is 1.96. The normalized spacial score (nSPS) is 39.5. The Hall–Kier alpha value is -0.0800. The molecule has 1 saturated carbocycles. The maximum absolute atomic E-state index is 3.74. The van der Waals surface area contributed by atoms with E-state index < -0.39 is 0 Å². The first-order chi connectivity index (χ1) is 8.72. The van der Waals surface area contributed by atoms with E-state index >= 15 is 0 Å². The monoisotopic (exact) mass is 252 g/mol. The van der Waals surface area contributed by atoms with Crippen LogP contribution in [0.1, 0.15) is 59.3 Å². The highest BCUT2D eigenvalue weighted by molar-refractivity contribution is 4.88. The van der Waals surface area contributed by atoms with Crippen molar-refractivity contribution in [3.8, 4) is 0 Å². The van der Waals surface area contributed by atoms with Gasteiger partial charge in [0.2, 0.25) is 0 Å². The Bertz CT molecular complexity index is 241. The second-order valence-electron chi connectivity index (χ2n) is 6.62. The minimum absolute atomic E-state index is 0.738. The summed E-state index contributed by atoms with van der Waals surface area (Å²) in [6, 6.07) is 1.59. The van der Waals surface area contributed by atoms with Crippen LogP contribution in [0.25, 0.3) is 0 Å². The molecule has 2 fully saturated rings. The van der Waals surface area contributed by atoms with Crippen LogP contribution in [0, 0.1) is 11.8 Å². The van der Waals surface area contributed by atoms with Crippen LogP contribution >= 0.6 is 0 Å². The zero-order valence-electron chi connectivity index (χ0n) is 12.6.